The Labute approximate surface area is 115 Å². The van der Waals surface area contributed by atoms with Gasteiger partial charge in [0.2, 0.25) is 18.6 Å². The first-order valence-electron chi connectivity index (χ1n) is 6.28. The molecule has 2 N–H and O–H groups in total. The van der Waals surface area contributed by atoms with E-state index in [1.165, 1.54) is 0 Å². The number of aromatic amines is 1. The molecular weight excluding hydrogens is 260 g/mol. The maximum atomic E-state index is 11.8. The monoisotopic (exact) mass is 274 g/mol. The summed E-state index contributed by atoms with van der Waals surface area (Å²) in [4.78, 5) is 15.8. The zero-order valence-electron chi connectivity index (χ0n) is 11.0. The van der Waals surface area contributed by atoms with Crippen LogP contribution in [0.4, 0.5) is 5.95 Å². The molecule has 0 atom stereocenters. The van der Waals surface area contributed by atoms with Crippen molar-refractivity contribution in [1.29, 1.82) is 0 Å². The number of carbonyl (C=O) groups is 1. The molecule has 0 unspecified atom stereocenters. The Balaban J connectivity index is 1.55. The number of aromatic nitrogens is 3. The number of hydrogen-bond donors (Lipinski definition) is 2. The van der Waals surface area contributed by atoms with Crippen LogP contribution in [0.2, 0.25) is 0 Å². The van der Waals surface area contributed by atoms with Gasteiger partial charge in [0, 0.05) is 6.42 Å². The second-order valence-corrected chi connectivity index (χ2v) is 4.48. The number of nitrogens with one attached hydrogen (secondary N) is 2. The lowest BCUT2D eigenvalue weighted by Gasteiger charge is -2.03. The van der Waals surface area contributed by atoms with Crippen molar-refractivity contribution in [3.05, 3.63) is 29.6 Å². The fourth-order valence-corrected chi connectivity index (χ4v) is 1.94. The SMILES string of the molecule is Cc1nc(NC(=O)CCc2ccc3c(c2)OCO3)n[nH]1. The lowest BCUT2D eigenvalue weighted by atomic mass is 10.1. The maximum absolute atomic E-state index is 11.8. The molecule has 2 aromatic rings. The maximum Gasteiger partial charge on any atom is 0.248 e. The summed E-state index contributed by atoms with van der Waals surface area (Å²) in [5.74, 6) is 2.32. The number of anilines is 1. The lowest BCUT2D eigenvalue weighted by molar-refractivity contribution is -0.116. The van der Waals surface area contributed by atoms with Gasteiger partial charge < -0.3 is 9.47 Å². The van der Waals surface area contributed by atoms with Gasteiger partial charge in [-0.1, -0.05) is 6.07 Å². The summed E-state index contributed by atoms with van der Waals surface area (Å²) in [6.07, 6.45) is 0.971. The average Bonchev–Trinajstić information content (AvgIpc) is 3.04. The Bertz CT molecular complexity index is 638. The minimum Gasteiger partial charge on any atom is -0.454 e. The van der Waals surface area contributed by atoms with Crippen LogP contribution < -0.4 is 14.8 Å². The van der Waals surface area contributed by atoms with Crippen molar-refractivity contribution in [3.63, 3.8) is 0 Å². The summed E-state index contributed by atoms with van der Waals surface area (Å²) in [6.45, 7) is 2.03. The molecule has 104 valence electrons. The average molecular weight is 274 g/mol. The molecule has 0 saturated heterocycles. The van der Waals surface area contributed by atoms with Crippen LogP contribution >= 0.6 is 0 Å². The second kappa shape index (κ2) is 5.20. The fourth-order valence-electron chi connectivity index (χ4n) is 1.94. The van der Waals surface area contributed by atoms with Crippen LogP contribution in [-0.2, 0) is 11.2 Å². The summed E-state index contributed by atoms with van der Waals surface area (Å²) in [6, 6.07) is 5.68. The first-order chi connectivity index (χ1) is 9.70. The molecule has 0 saturated carbocycles. The van der Waals surface area contributed by atoms with Crippen LogP contribution in [0.25, 0.3) is 0 Å². The number of hydrogen-bond acceptors (Lipinski definition) is 5. The summed E-state index contributed by atoms with van der Waals surface area (Å²) < 4.78 is 10.5. The minimum absolute atomic E-state index is 0.123. The Kier molecular flexibility index (Phi) is 3.24. The van der Waals surface area contributed by atoms with E-state index in [4.69, 9.17) is 9.47 Å². The highest BCUT2D eigenvalue weighted by molar-refractivity contribution is 5.89. The Morgan fingerprint density at radius 3 is 3.05 bits per heavy atom. The first-order valence-corrected chi connectivity index (χ1v) is 6.28. The standard InChI is InChI=1S/C13H14N4O3/c1-8-14-13(17-16-8)15-12(18)5-3-9-2-4-10-11(6-9)20-7-19-10/h2,4,6H,3,5,7H2,1H3,(H2,14,15,16,17,18). The van der Waals surface area contributed by atoms with Gasteiger partial charge >= 0.3 is 0 Å². The van der Waals surface area contributed by atoms with Gasteiger partial charge in [-0.05, 0) is 31.0 Å². The van der Waals surface area contributed by atoms with E-state index >= 15 is 0 Å². The van der Waals surface area contributed by atoms with Crippen LogP contribution in [0, 0.1) is 6.92 Å². The molecule has 0 spiro atoms. The van der Waals surface area contributed by atoms with Crippen LogP contribution in [0.3, 0.4) is 0 Å². The molecular formula is C13H14N4O3. The van der Waals surface area contributed by atoms with Crippen molar-refractivity contribution in [2.45, 2.75) is 19.8 Å². The van der Waals surface area contributed by atoms with Gasteiger partial charge in [0.1, 0.15) is 5.82 Å². The zero-order chi connectivity index (χ0) is 13.9. The van der Waals surface area contributed by atoms with Gasteiger partial charge in [-0.25, -0.2) is 0 Å². The highest BCUT2D eigenvalue weighted by Crippen LogP contribution is 2.32. The van der Waals surface area contributed by atoms with E-state index in [2.05, 4.69) is 20.5 Å². The molecule has 2 heterocycles. The number of rotatable bonds is 4. The van der Waals surface area contributed by atoms with Crippen LogP contribution in [0.1, 0.15) is 17.8 Å². The van der Waals surface area contributed by atoms with Gasteiger partial charge in [-0.2, -0.15) is 4.98 Å². The van der Waals surface area contributed by atoms with Gasteiger partial charge in [-0.3, -0.25) is 15.2 Å². The molecule has 20 heavy (non-hydrogen) atoms. The van der Waals surface area contributed by atoms with E-state index in [1.807, 2.05) is 18.2 Å². The topological polar surface area (TPSA) is 89.1 Å². The van der Waals surface area contributed by atoms with Gasteiger partial charge in [0.25, 0.3) is 0 Å². The molecule has 7 nitrogen and oxygen atoms in total. The number of amides is 1. The number of fused-ring (bicyclic) bond motifs is 1. The number of ether oxygens (including phenoxy) is 2. The van der Waals surface area contributed by atoms with Gasteiger partial charge in [-0.15, -0.1) is 5.10 Å². The van der Waals surface area contributed by atoms with E-state index < -0.39 is 0 Å². The normalized spacial score (nSPS) is 12.4. The third-order valence-electron chi connectivity index (χ3n) is 2.93. The highest BCUT2D eigenvalue weighted by Gasteiger charge is 2.14. The number of nitrogens with zero attached hydrogens (tertiary/aromatic N) is 2. The summed E-state index contributed by atoms with van der Waals surface area (Å²) in [5, 5.41) is 9.16. The largest absolute Gasteiger partial charge is 0.454 e. The molecule has 1 aliphatic heterocycles. The smallest absolute Gasteiger partial charge is 0.248 e. The predicted octanol–water partition coefficient (Wildman–Crippen LogP) is 1.41. The van der Waals surface area contributed by atoms with Crippen LogP contribution in [0.5, 0.6) is 11.5 Å². The van der Waals surface area contributed by atoms with Crippen molar-refractivity contribution in [1.82, 2.24) is 15.2 Å². The molecule has 7 heteroatoms. The predicted molar refractivity (Wildman–Crippen MR) is 70.6 cm³/mol. The highest BCUT2D eigenvalue weighted by atomic mass is 16.7. The molecule has 1 aromatic heterocycles. The molecule has 0 fully saturated rings. The van der Waals surface area contributed by atoms with Crippen molar-refractivity contribution < 1.29 is 14.3 Å². The second-order valence-electron chi connectivity index (χ2n) is 4.48. The van der Waals surface area contributed by atoms with E-state index in [0.29, 0.717) is 24.6 Å². The number of benzene rings is 1. The summed E-state index contributed by atoms with van der Waals surface area (Å²) >= 11 is 0. The summed E-state index contributed by atoms with van der Waals surface area (Å²) in [7, 11) is 0. The number of aryl methyl sites for hydroxylation is 2. The molecule has 3 rings (SSSR count). The van der Waals surface area contributed by atoms with Crippen molar-refractivity contribution in [2.24, 2.45) is 0 Å². The zero-order valence-corrected chi connectivity index (χ0v) is 11.0. The van der Waals surface area contributed by atoms with Gasteiger partial charge in [0.05, 0.1) is 0 Å². The Hall–Kier alpha value is -2.57. The Morgan fingerprint density at radius 1 is 1.40 bits per heavy atom. The molecule has 0 bridgehead atoms. The van der Waals surface area contributed by atoms with Gasteiger partial charge in [0.15, 0.2) is 11.5 Å². The fraction of sp³-hybridized carbons (Fsp3) is 0.308. The van der Waals surface area contributed by atoms with Crippen molar-refractivity contribution >= 4 is 11.9 Å². The number of H-pyrrole nitrogens is 1. The van der Waals surface area contributed by atoms with E-state index in [9.17, 15) is 4.79 Å². The molecule has 1 aliphatic rings. The third kappa shape index (κ3) is 2.71. The molecule has 0 radical (unpaired) electrons. The van der Waals surface area contributed by atoms with E-state index in [0.717, 1.165) is 17.1 Å². The quantitative estimate of drug-likeness (QED) is 0.880. The number of carbonyl (C=O) groups excluding carboxylic acids is 1. The first kappa shape index (κ1) is 12.5. The summed E-state index contributed by atoms with van der Waals surface area (Å²) in [5.41, 5.74) is 1.02. The third-order valence-corrected chi connectivity index (χ3v) is 2.93. The molecule has 1 amide bonds. The Morgan fingerprint density at radius 2 is 2.25 bits per heavy atom. The van der Waals surface area contributed by atoms with E-state index in [-0.39, 0.29) is 12.7 Å². The lowest BCUT2D eigenvalue weighted by Crippen LogP contribution is -2.13. The van der Waals surface area contributed by atoms with Crippen LogP contribution in [-0.4, -0.2) is 27.9 Å². The van der Waals surface area contributed by atoms with Crippen molar-refractivity contribution in [2.75, 3.05) is 12.1 Å². The minimum atomic E-state index is -0.123. The van der Waals surface area contributed by atoms with E-state index in [1.54, 1.807) is 6.92 Å². The molecule has 1 aromatic carbocycles. The molecule has 0 aliphatic carbocycles. The van der Waals surface area contributed by atoms with Crippen molar-refractivity contribution in [3.8, 4) is 11.5 Å². The van der Waals surface area contributed by atoms with Crippen LogP contribution in [0.15, 0.2) is 18.2 Å².